The highest BCUT2D eigenvalue weighted by Crippen LogP contribution is 2.26. The van der Waals surface area contributed by atoms with Crippen molar-refractivity contribution >= 4 is 23.2 Å². The monoisotopic (exact) mass is 397 g/mol. The van der Waals surface area contributed by atoms with Gasteiger partial charge in [0.2, 0.25) is 0 Å². The summed E-state index contributed by atoms with van der Waals surface area (Å²) in [5, 5.41) is 4.75. The van der Waals surface area contributed by atoms with Crippen LogP contribution in [0.5, 0.6) is 0 Å². The Morgan fingerprint density at radius 1 is 1.07 bits per heavy atom. The molecule has 6 heteroatoms. The standard InChI is InChI=1S/C22H20FNO3S/c1-14-5-6-17(12-15(14)2)22(26)27-13-20(25)24-21(19-4-3-11-28-19)16-7-9-18(23)10-8-16/h3-12,21H,13H2,1-2H3,(H,24,25). The van der Waals surface area contributed by atoms with Crippen LogP contribution >= 0.6 is 11.3 Å². The van der Waals surface area contributed by atoms with E-state index >= 15 is 0 Å². The lowest BCUT2D eigenvalue weighted by Crippen LogP contribution is -2.32. The van der Waals surface area contributed by atoms with Crippen LogP contribution in [0.2, 0.25) is 0 Å². The number of aryl methyl sites for hydroxylation is 2. The summed E-state index contributed by atoms with van der Waals surface area (Å²) in [5.41, 5.74) is 3.21. The van der Waals surface area contributed by atoms with Gasteiger partial charge in [-0.15, -0.1) is 11.3 Å². The summed E-state index contributed by atoms with van der Waals surface area (Å²) < 4.78 is 18.4. The van der Waals surface area contributed by atoms with Gasteiger partial charge in [-0.25, -0.2) is 9.18 Å². The molecule has 4 nitrogen and oxygen atoms in total. The highest BCUT2D eigenvalue weighted by molar-refractivity contribution is 7.10. The number of nitrogens with one attached hydrogen (secondary N) is 1. The number of hydrogen-bond acceptors (Lipinski definition) is 4. The smallest absolute Gasteiger partial charge is 0.338 e. The van der Waals surface area contributed by atoms with Gasteiger partial charge in [0.05, 0.1) is 11.6 Å². The first-order chi connectivity index (χ1) is 13.4. The van der Waals surface area contributed by atoms with Crippen molar-refractivity contribution in [2.24, 2.45) is 0 Å². The molecule has 1 N–H and O–H groups in total. The lowest BCUT2D eigenvalue weighted by atomic mass is 10.1. The van der Waals surface area contributed by atoms with Gasteiger partial charge in [0.1, 0.15) is 5.82 Å². The molecule has 1 unspecified atom stereocenters. The fourth-order valence-corrected chi connectivity index (χ4v) is 3.52. The molecule has 0 aliphatic heterocycles. The summed E-state index contributed by atoms with van der Waals surface area (Å²) in [6.45, 7) is 3.47. The molecule has 1 heterocycles. The summed E-state index contributed by atoms with van der Waals surface area (Å²) in [6, 6.07) is 14.5. The van der Waals surface area contributed by atoms with Crippen molar-refractivity contribution in [1.29, 1.82) is 0 Å². The first kappa shape index (κ1) is 19.8. The second kappa shape index (κ2) is 8.80. The third-order valence-electron chi connectivity index (χ3n) is 4.41. The maximum absolute atomic E-state index is 13.2. The van der Waals surface area contributed by atoms with Crippen molar-refractivity contribution in [2.75, 3.05) is 6.61 Å². The zero-order valence-electron chi connectivity index (χ0n) is 15.6. The molecule has 3 rings (SSSR count). The lowest BCUT2D eigenvalue weighted by molar-refractivity contribution is -0.124. The van der Waals surface area contributed by atoms with Gasteiger partial charge < -0.3 is 10.1 Å². The van der Waals surface area contributed by atoms with E-state index in [4.69, 9.17) is 4.74 Å². The van der Waals surface area contributed by atoms with E-state index in [2.05, 4.69) is 5.32 Å². The Bertz CT molecular complexity index is 968. The number of hydrogen-bond donors (Lipinski definition) is 1. The summed E-state index contributed by atoms with van der Waals surface area (Å²) in [7, 11) is 0. The molecule has 0 aliphatic carbocycles. The molecule has 0 radical (unpaired) electrons. The number of carbonyl (C=O) groups is 2. The zero-order valence-corrected chi connectivity index (χ0v) is 16.4. The van der Waals surface area contributed by atoms with Crippen LogP contribution in [0.25, 0.3) is 0 Å². The Morgan fingerprint density at radius 3 is 2.46 bits per heavy atom. The van der Waals surface area contributed by atoms with E-state index in [0.29, 0.717) is 5.56 Å². The minimum Gasteiger partial charge on any atom is -0.452 e. The van der Waals surface area contributed by atoms with E-state index in [1.807, 2.05) is 37.4 Å². The Hall–Kier alpha value is -2.99. The van der Waals surface area contributed by atoms with Crippen LogP contribution in [0.1, 0.15) is 38.0 Å². The van der Waals surface area contributed by atoms with Crippen molar-refractivity contribution in [3.63, 3.8) is 0 Å². The number of halogens is 1. The predicted molar refractivity (Wildman–Crippen MR) is 107 cm³/mol. The first-order valence-electron chi connectivity index (χ1n) is 8.76. The maximum Gasteiger partial charge on any atom is 0.338 e. The molecule has 1 amide bonds. The van der Waals surface area contributed by atoms with Gasteiger partial charge in [-0.2, -0.15) is 0 Å². The largest absolute Gasteiger partial charge is 0.452 e. The van der Waals surface area contributed by atoms with Gasteiger partial charge in [0.15, 0.2) is 6.61 Å². The van der Waals surface area contributed by atoms with E-state index < -0.39 is 24.5 Å². The molecule has 0 bridgehead atoms. The van der Waals surface area contributed by atoms with E-state index in [0.717, 1.165) is 21.6 Å². The average molecular weight is 397 g/mol. The number of rotatable bonds is 6. The van der Waals surface area contributed by atoms with Crippen molar-refractivity contribution in [1.82, 2.24) is 5.32 Å². The fourth-order valence-electron chi connectivity index (χ4n) is 2.71. The summed E-state index contributed by atoms with van der Waals surface area (Å²) in [5.74, 6) is -1.32. The topological polar surface area (TPSA) is 55.4 Å². The average Bonchev–Trinajstić information content (AvgIpc) is 3.21. The highest BCUT2D eigenvalue weighted by atomic mass is 32.1. The molecule has 0 fully saturated rings. The number of carbonyl (C=O) groups excluding carboxylic acids is 2. The summed E-state index contributed by atoms with van der Waals surface area (Å²) >= 11 is 1.48. The molecule has 1 atom stereocenters. The van der Waals surface area contributed by atoms with E-state index in [1.165, 1.54) is 23.5 Å². The van der Waals surface area contributed by atoms with Crippen LogP contribution < -0.4 is 5.32 Å². The van der Waals surface area contributed by atoms with Crippen molar-refractivity contribution in [2.45, 2.75) is 19.9 Å². The first-order valence-corrected chi connectivity index (χ1v) is 9.64. The van der Waals surface area contributed by atoms with Gasteiger partial charge in [-0.1, -0.05) is 24.3 Å². The van der Waals surface area contributed by atoms with Gasteiger partial charge in [0.25, 0.3) is 5.91 Å². The molecule has 0 aliphatic rings. The Kier molecular flexibility index (Phi) is 6.21. The van der Waals surface area contributed by atoms with Gasteiger partial charge >= 0.3 is 5.97 Å². The molecule has 144 valence electrons. The molecule has 0 spiro atoms. The molecule has 1 aromatic heterocycles. The molecular formula is C22H20FNO3S. The number of thiophene rings is 1. The van der Waals surface area contributed by atoms with Crippen LogP contribution in [0.15, 0.2) is 60.0 Å². The number of ether oxygens (including phenoxy) is 1. The molecule has 0 saturated heterocycles. The quantitative estimate of drug-likeness (QED) is 0.620. The van der Waals surface area contributed by atoms with Crippen molar-refractivity contribution in [3.05, 3.63) is 92.9 Å². The number of esters is 1. The van der Waals surface area contributed by atoms with Crippen molar-refractivity contribution in [3.8, 4) is 0 Å². The molecule has 28 heavy (non-hydrogen) atoms. The zero-order chi connectivity index (χ0) is 20.1. The lowest BCUT2D eigenvalue weighted by Gasteiger charge is -2.18. The highest BCUT2D eigenvalue weighted by Gasteiger charge is 2.19. The normalized spacial score (nSPS) is 11.7. The van der Waals surface area contributed by atoms with Crippen LogP contribution in [0.3, 0.4) is 0 Å². The molecule has 3 aromatic rings. The van der Waals surface area contributed by atoms with Gasteiger partial charge in [-0.3, -0.25) is 4.79 Å². The summed E-state index contributed by atoms with van der Waals surface area (Å²) in [6.07, 6.45) is 0. The minimum atomic E-state index is -0.548. The van der Waals surface area contributed by atoms with Crippen LogP contribution in [-0.4, -0.2) is 18.5 Å². The Labute approximate surface area is 167 Å². The van der Waals surface area contributed by atoms with E-state index in [9.17, 15) is 14.0 Å². The van der Waals surface area contributed by atoms with Crippen LogP contribution in [0.4, 0.5) is 4.39 Å². The second-order valence-corrected chi connectivity index (χ2v) is 7.42. The van der Waals surface area contributed by atoms with Crippen molar-refractivity contribution < 1.29 is 18.7 Å². The number of benzene rings is 2. The molecule has 0 saturated carbocycles. The third kappa shape index (κ3) is 4.84. The van der Waals surface area contributed by atoms with E-state index in [1.54, 1.807) is 24.3 Å². The van der Waals surface area contributed by atoms with Crippen LogP contribution in [0, 0.1) is 19.7 Å². The number of amides is 1. The Morgan fingerprint density at radius 2 is 1.82 bits per heavy atom. The second-order valence-electron chi connectivity index (χ2n) is 6.44. The predicted octanol–water partition coefficient (Wildman–Crippen LogP) is 4.57. The molecule has 2 aromatic carbocycles. The minimum absolute atomic E-state index is 0.345. The van der Waals surface area contributed by atoms with Gasteiger partial charge in [0, 0.05) is 4.88 Å². The van der Waals surface area contributed by atoms with Gasteiger partial charge in [-0.05, 0) is 66.2 Å². The SMILES string of the molecule is Cc1ccc(C(=O)OCC(=O)NC(c2ccc(F)cc2)c2cccs2)cc1C. The fraction of sp³-hybridized carbons (Fsp3) is 0.182. The van der Waals surface area contributed by atoms with E-state index in [-0.39, 0.29) is 5.82 Å². The van der Waals surface area contributed by atoms with Crippen LogP contribution in [-0.2, 0) is 9.53 Å². The molecular weight excluding hydrogens is 377 g/mol. The Balaban J connectivity index is 1.66. The summed E-state index contributed by atoms with van der Waals surface area (Å²) in [4.78, 5) is 25.5. The maximum atomic E-state index is 13.2. The third-order valence-corrected chi connectivity index (χ3v) is 5.35.